The van der Waals surface area contributed by atoms with E-state index >= 15 is 0 Å². The van der Waals surface area contributed by atoms with Crippen LogP contribution in [0.3, 0.4) is 0 Å². The molecular weight excluding hydrogens is 302 g/mol. The molecule has 24 heavy (non-hydrogen) atoms. The quantitative estimate of drug-likeness (QED) is 0.774. The highest BCUT2D eigenvalue weighted by Crippen LogP contribution is 2.28. The molecule has 1 aromatic carbocycles. The second-order valence-corrected chi connectivity index (χ2v) is 6.07. The van der Waals surface area contributed by atoms with Crippen LogP contribution in [-0.2, 0) is 6.54 Å². The number of pyridine rings is 1. The van der Waals surface area contributed by atoms with Crippen LogP contribution in [0, 0.1) is 0 Å². The Kier molecular flexibility index (Phi) is 4.01. The lowest BCUT2D eigenvalue weighted by molar-refractivity contribution is 0.0951. The van der Waals surface area contributed by atoms with Gasteiger partial charge >= 0.3 is 0 Å². The van der Waals surface area contributed by atoms with Crippen molar-refractivity contribution < 1.29 is 9.21 Å². The molecule has 1 saturated heterocycles. The highest BCUT2D eigenvalue weighted by molar-refractivity contribution is 5.94. The van der Waals surface area contributed by atoms with Crippen LogP contribution in [0.25, 0.3) is 11.1 Å². The van der Waals surface area contributed by atoms with E-state index in [-0.39, 0.29) is 5.91 Å². The summed E-state index contributed by atoms with van der Waals surface area (Å²) in [5.74, 6) is 0.853. The molecule has 1 fully saturated rings. The molecule has 1 aliphatic heterocycles. The number of benzene rings is 1. The van der Waals surface area contributed by atoms with E-state index in [4.69, 9.17) is 4.42 Å². The van der Waals surface area contributed by atoms with Crippen LogP contribution in [0.5, 0.6) is 0 Å². The molecule has 5 heteroatoms. The monoisotopic (exact) mass is 321 g/mol. The predicted molar refractivity (Wildman–Crippen MR) is 91.6 cm³/mol. The smallest absolute Gasteiger partial charge is 0.251 e. The summed E-state index contributed by atoms with van der Waals surface area (Å²) in [4.78, 5) is 16.5. The third-order valence-corrected chi connectivity index (χ3v) is 4.34. The van der Waals surface area contributed by atoms with Crippen LogP contribution in [0.2, 0.25) is 0 Å². The van der Waals surface area contributed by atoms with Crippen molar-refractivity contribution in [1.82, 2.24) is 15.6 Å². The maximum absolute atomic E-state index is 12.1. The van der Waals surface area contributed by atoms with Crippen molar-refractivity contribution in [3.05, 3.63) is 65.5 Å². The first-order valence-corrected chi connectivity index (χ1v) is 8.24. The molecule has 2 aromatic heterocycles. The number of amides is 1. The lowest BCUT2D eigenvalue weighted by Gasteiger charge is -2.05. The number of nitrogens with one attached hydrogen (secondary N) is 2. The van der Waals surface area contributed by atoms with Crippen LogP contribution in [-0.4, -0.2) is 17.4 Å². The zero-order valence-corrected chi connectivity index (χ0v) is 13.3. The lowest BCUT2D eigenvalue weighted by atomic mass is 10.2. The molecule has 1 atom stereocenters. The number of nitrogens with zero attached hydrogens (tertiary/aromatic N) is 1. The summed E-state index contributed by atoms with van der Waals surface area (Å²) in [6, 6.07) is 13.4. The van der Waals surface area contributed by atoms with Crippen LogP contribution in [0.15, 0.2) is 53.1 Å². The normalized spacial score (nSPS) is 17.2. The first-order chi connectivity index (χ1) is 11.8. The van der Waals surface area contributed by atoms with E-state index in [1.807, 2.05) is 30.3 Å². The van der Waals surface area contributed by atoms with Crippen LogP contribution < -0.4 is 10.6 Å². The molecule has 0 bridgehead atoms. The van der Waals surface area contributed by atoms with Crippen LogP contribution >= 0.6 is 0 Å². The Labute approximate surface area is 140 Å². The highest BCUT2D eigenvalue weighted by Gasteiger charge is 2.20. The number of furan rings is 1. The van der Waals surface area contributed by atoms with Crippen molar-refractivity contribution in [2.75, 3.05) is 6.54 Å². The summed E-state index contributed by atoms with van der Waals surface area (Å²) in [5, 5.41) is 6.34. The summed E-state index contributed by atoms with van der Waals surface area (Å²) in [7, 11) is 0. The Morgan fingerprint density at radius 1 is 1.29 bits per heavy atom. The van der Waals surface area contributed by atoms with Crippen molar-refractivity contribution in [2.24, 2.45) is 0 Å². The Hall–Kier alpha value is -2.66. The largest absolute Gasteiger partial charge is 0.458 e. The Morgan fingerprint density at radius 3 is 2.96 bits per heavy atom. The average molecular weight is 321 g/mol. The number of hydrogen-bond acceptors (Lipinski definition) is 4. The molecule has 5 nitrogen and oxygen atoms in total. The molecule has 0 unspecified atom stereocenters. The van der Waals surface area contributed by atoms with Gasteiger partial charge < -0.3 is 15.1 Å². The molecule has 3 aromatic rings. The van der Waals surface area contributed by atoms with Gasteiger partial charge in [-0.25, -0.2) is 0 Å². The second-order valence-electron chi connectivity index (χ2n) is 6.07. The summed E-state index contributed by atoms with van der Waals surface area (Å²) < 4.78 is 5.95. The van der Waals surface area contributed by atoms with Gasteiger partial charge in [0.1, 0.15) is 11.3 Å². The molecule has 0 aliphatic carbocycles. The van der Waals surface area contributed by atoms with Gasteiger partial charge in [0.15, 0.2) is 5.58 Å². The zero-order valence-electron chi connectivity index (χ0n) is 13.3. The fourth-order valence-electron chi connectivity index (χ4n) is 3.05. The summed E-state index contributed by atoms with van der Waals surface area (Å²) in [6.45, 7) is 1.46. The van der Waals surface area contributed by atoms with Gasteiger partial charge in [0.2, 0.25) is 0 Å². The van der Waals surface area contributed by atoms with E-state index in [9.17, 15) is 4.79 Å². The highest BCUT2D eigenvalue weighted by atomic mass is 16.3. The van der Waals surface area contributed by atoms with Gasteiger partial charge in [0.25, 0.3) is 5.91 Å². The summed E-state index contributed by atoms with van der Waals surface area (Å²) >= 11 is 0. The maximum Gasteiger partial charge on any atom is 0.251 e. The molecule has 122 valence electrons. The number of fused-ring (bicyclic) bond motifs is 1. The van der Waals surface area contributed by atoms with E-state index in [0.717, 1.165) is 35.4 Å². The van der Waals surface area contributed by atoms with E-state index in [1.165, 1.54) is 6.42 Å². The predicted octanol–water partition coefficient (Wildman–Crippen LogP) is 3.18. The first-order valence-electron chi connectivity index (χ1n) is 8.24. The van der Waals surface area contributed by atoms with E-state index in [1.54, 1.807) is 18.3 Å². The standard InChI is InChI=1S/C19H19N3O2/c23-19(14-5-2-1-3-6-14)22-12-13-9-17-16(21-11-13)10-18(24-17)15-7-4-8-20-15/h1-3,5-6,9-11,15,20H,4,7-8,12H2,(H,22,23)/t15-/m1/s1. The third kappa shape index (κ3) is 3.03. The molecule has 3 heterocycles. The fraction of sp³-hybridized carbons (Fsp3) is 0.263. The Balaban J connectivity index is 1.47. The SMILES string of the molecule is O=C(NCc1cnc2cc([C@H]3CCCN3)oc2c1)c1ccccc1. The molecule has 4 rings (SSSR count). The van der Waals surface area contributed by atoms with Gasteiger partial charge in [0.05, 0.1) is 6.04 Å². The van der Waals surface area contributed by atoms with Gasteiger partial charge in [-0.3, -0.25) is 9.78 Å². The van der Waals surface area contributed by atoms with Crippen molar-refractivity contribution >= 4 is 17.0 Å². The number of carbonyl (C=O) groups excluding carboxylic acids is 1. The molecule has 0 saturated carbocycles. The van der Waals surface area contributed by atoms with Gasteiger partial charge in [-0.15, -0.1) is 0 Å². The summed E-state index contributed by atoms with van der Waals surface area (Å²) in [6.07, 6.45) is 4.06. The van der Waals surface area contributed by atoms with Crippen LogP contribution in [0.4, 0.5) is 0 Å². The molecule has 0 radical (unpaired) electrons. The van der Waals surface area contributed by atoms with Crippen molar-refractivity contribution in [2.45, 2.75) is 25.4 Å². The zero-order chi connectivity index (χ0) is 16.4. The Morgan fingerprint density at radius 2 is 2.17 bits per heavy atom. The molecule has 1 amide bonds. The first kappa shape index (κ1) is 14.9. The topological polar surface area (TPSA) is 67.2 Å². The van der Waals surface area contributed by atoms with Crippen molar-refractivity contribution in [3.63, 3.8) is 0 Å². The van der Waals surface area contributed by atoms with Gasteiger partial charge in [-0.1, -0.05) is 18.2 Å². The van der Waals surface area contributed by atoms with E-state index < -0.39 is 0 Å². The maximum atomic E-state index is 12.1. The summed E-state index contributed by atoms with van der Waals surface area (Å²) in [5.41, 5.74) is 3.20. The lowest BCUT2D eigenvalue weighted by Crippen LogP contribution is -2.22. The Bertz CT molecular complexity index is 851. The number of carbonyl (C=O) groups is 1. The second kappa shape index (κ2) is 6.45. The minimum absolute atomic E-state index is 0.0917. The molecule has 0 spiro atoms. The van der Waals surface area contributed by atoms with Gasteiger partial charge in [-0.2, -0.15) is 0 Å². The number of rotatable bonds is 4. The van der Waals surface area contributed by atoms with E-state index in [2.05, 4.69) is 15.6 Å². The molecule has 2 N–H and O–H groups in total. The fourth-order valence-corrected chi connectivity index (χ4v) is 3.05. The van der Waals surface area contributed by atoms with Gasteiger partial charge in [0, 0.05) is 24.4 Å². The van der Waals surface area contributed by atoms with Gasteiger partial charge in [-0.05, 0) is 43.1 Å². The van der Waals surface area contributed by atoms with Crippen LogP contribution in [0.1, 0.15) is 40.6 Å². The molecule has 1 aliphatic rings. The minimum atomic E-state index is -0.0917. The van der Waals surface area contributed by atoms with Crippen molar-refractivity contribution in [3.8, 4) is 0 Å². The van der Waals surface area contributed by atoms with Crippen molar-refractivity contribution in [1.29, 1.82) is 0 Å². The average Bonchev–Trinajstić information content (AvgIpc) is 3.29. The number of aromatic nitrogens is 1. The number of hydrogen-bond donors (Lipinski definition) is 2. The third-order valence-electron chi connectivity index (χ3n) is 4.34. The van der Waals surface area contributed by atoms with E-state index in [0.29, 0.717) is 18.2 Å². The molecular formula is C19H19N3O2. The minimum Gasteiger partial charge on any atom is -0.458 e.